The van der Waals surface area contributed by atoms with E-state index in [2.05, 4.69) is 4.98 Å². The molecule has 1 amide bonds. The van der Waals surface area contributed by atoms with Crippen molar-refractivity contribution in [1.82, 2.24) is 9.45 Å². The van der Waals surface area contributed by atoms with Gasteiger partial charge in [-0.15, -0.1) is 0 Å². The van der Waals surface area contributed by atoms with E-state index in [0.717, 1.165) is 10.2 Å². The lowest BCUT2D eigenvalue weighted by Gasteiger charge is -2.20. The number of sulfonamides is 1. The van der Waals surface area contributed by atoms with Gasteiger partial charge in [0.25, 0.3) is 15.9 Å². The van der Waals surface area contributed by atoms with E-state index in [9.17, 15) is 13.2 Å². The van der Waals surface area contributed by atoms with Crippen molar-refractivity contribution < 1.29 is 22.8 Å². The standard InChI is InChI=1S/C19H20ClN3O5S2/c1-22(28-3)30(25,26)17-12-13(8-9-14(17)20)18(24)23(10-11-27-2)19-21-15-6-4-5-7-16(15)29-19/h4-9,12H,10-11H2,1-3H3. The van der Waals surface area contributed by atoms with Gasteiger partial charge in [-0.1, -0.05) is 39.5 Å². The number of rotatable bonds is 8. The molecule has 0 unspecified atom stereocenters. The number of amides is 1. The molecule has 3 aromatic rings. The highest BCUT2D eigenvalue weighted by atomic mass is 35.5. The zero-order valence-electron chi connectivity index (χ0n) is 16.5. The topological polar surface area (TPSA) is 89.0 Å². The second kappa shape index (κ2) is 9.38. The van der Waals surface area contributed by atoms with Crippen molar-refractivity contribution >= 4 is 54.2 Å². The minimum absolute atomic E-state index is 0.0149. The molecule has 0 fully saturated rings. The molecule has 0 saturated carbocycles. The summed E-state index contributed by atoms with van der Waals surface area (Å²) in [5.41, 5.74) is 0.923. The van der Waals surface area contributed by atoms with E-state index in [1.807, 2.05) is 24.3 Å². The first-order valence-electron chi connectivity index (χ1n) is 8.78. The summed E-state index contributed by atoms with van der Waals surface area (Å²) in [6.45, 7) is 0.532. The molecule has 0 aliphatic heterocycles. The number of aromatic nitrogens is 1. The summed E-state index contributed by atoms with van der Waals surface area (Å²) in [5.74, 6) is -0.417. The molecule has 0 aliphatic carbocycles. The smallest absolute Gasteiger partial charge is 0.266 e. The number of benzene rings is 2. The van der Waals surface area contributed by atoms with Crippen LogP contribution in [0, 0.1) is 0 Å². The molecule has 0 radical (unpaired) electrons. The van der Waals surface area contributed by atoms with Gasteiger partial charge in [-0.05, 0) is 30.3 Å². The van der Waals surface area contributed by atoms with Gasteiger partial charge in [0.1, 0.15) is 4.90 Å². The Hall–Kier alpha value is -2.08. The van der Waals surface area contributed by atoms with Gasteiger partial charge in [0, 0.05) is 19.7 Å². The molecular weight excluding hydrogens is 450 g/mol. The first-order chi connectivity index (χ1) is 14.3. The molecule has 11 heteroatoms. The lowest BCUT2D eigenvalue weighted by atomic mass is 10.2. The second-order valence-electron chi connectivity index (χ2n) is 6.16. The van der Waals surface area contributed by atoms with Crippen LogP contribution >= 0.6 is 22.9 Å². The lowest BCUT2D eigenvalue weighted by Crippen LogP contribution is -2.34. The summed E-state index contributed by atoms with van der Waals surface area (Å²) in [5, 5.41) is 0.477. The van der Waals surface area contributed by atoms with Crippen molar-refractivity contribution in [3.63, 3.8) is 0 Å². The Balaban J connectivity index is 2.04. The fourth-order valence-electron chi connectivity index (χ4n) is 2.67. The lowest BCUT2D eigenvalue weighted by molar-refractivity contribution is -0.0258. The minimum Gasteiger partial charge on any atom is -0.383 e. The highest BCUT2D eigenvalue weighted by Gasteiger charge is 2.27. The van der Waals surface area contributed by atoms with Crippen LogP contribution in [0.5, 0.6) is 0 Å². The first kappa shape index (κ1) is 22.6. The Kier molecular flexibility index (Phi) is 7.06. The van der Waals surface area contributed by atoms with E-state index in [-0.39, 0.29) is 28.6 Å². The van der Waals surface area contributed by atoms with Crippen molar-refractivity contribution in [1.29, 1.82) is 0 Å². The van der Waals surface area contributed by atoms with E-state index in [1.165, 1.54) is 55.7 Å². The van der Waals surface area contributed by atoms with Crippen LogP contribution in [0.3, 0.4) is 0 Å². The Bertz CT molecular complexity index is 1130. The number of nitrogens with zero attached hydrogens (tertiary/aromatic N) is 3. The number of fused-ring (bicyclic) bond motifs is 1. The SMILES string of the molecule is COCCN(C(=O)c1ccc(Cl)c(S(=O)(=O)N(C)OC)c1)c1nc2ccccc2s1. The van der Waals surface area contributed by atoms with Crippen molar-refractivity contribution in [2.75, 3.05) is 39.3 Å². The van der Waals surface area contributed by atoms with Crippen LogP contribution in [-0.2, 0) is 19.6 Å². The van der Waals surface area contributed by atoms with Gasteiger partial charge < -0.3 is 4.74 Å². The highest BCUT2D eigenvalue weighted by molar-refractivity contribution is 7.89. The summed E-state index contributed by atoms with van der Waals surface area (Å²) < 4.78 is 32.1. The van der Waals surface area contributed by atoms with Gasteiger partial charge in [-0.25, -0.2) is 13.4 Å². The van der Waals surface area contributed by atoms with Crippen molar-refractivity contribution in [2.24, 2.45) is 0 Å². The molecule has 8 nitrogen and oxygen atoms in total. The minimum atomic E-state index is -4.03. The maximum Gasteiger partial charge on any atom is 0.266 e. The third kappa shape index (κ3) is 4.48. The molecule has 0 spiro atoms. The van der Waals surface area contributed by atoms with Crippen LogP contribution in [0.1, 0.15) is 10.4 Å². The van der Waals surface area contributed by atoms with Crippen molar-refractivity contribution in [3.8, 4) is 0 Å². The van der Waals surface area contributed by atoms with Crippen molar-refractivity contribution in [2.45, 2.75) is 4.90 Å². The van der Waals surface area contributed by atoms with Gasteiger partial charge in [0.05, 0.1) is 35.5 Å². The number of anilines is 1. The van der Waals surface area contributed by atoms with Gasteiger partial charge in [0.2, 0.25) is 0 Å². The average molecular weight is 470 g/mol. The van der Waals surface area contributed by atoms with Gasteiger partial charge in [-0.3, -0.25) is 14.5 Å². The van der Waals surface area contributed by atoms with Crippen LogP contribution in [0.15, 0.2) is 47.4 Å². The van der Waals surface area contributed by atoms with E-state index in [4.69, 9.17) is 21.2 Å². The molecule has 0 N–H and O–H groups in total. The molecule has 3 rings (SSSR count). The fourth-order valence-corrected chi connectivity index (χ4v) is 5.13. The molecule has 0 aliphatic rings. The largest absolute Gasteiger partial charge is 0.383 e. The van der Waals surface area contributed by atoms with Crippen LogP contribution in [0.25, 0.3) is 10.2 Å². The normalized spacial score (nSPS) is 11.9. The maximum atomic E-state index is 13.3. The van der Waals surface area contributed by atoms with Gasteiger partial charge >= 0.3 is 0 Å². The summed E-state index contributed by atoms with van der Waals surface area (Å²) in [7, 11) is -0.0320. The molecular formula is C19H20ClN3O5S2. The zero-order chi connectivity index (χ0) is 21.9. The molecule has 30 heavy (non-hydrogen) atoms. The summed E-state index contributed by atoms with van der Waals surface area (Å²) in [6, 6.07) is 11.6. The number of thiazole rings is 1. The van der Waals surface area contributed by atoms with Gasteiger partial charge in [-0.2, -0.15) is 0 Å². The van der Waals surface area contributed by atoms with Gasteiger partial charge in [0.15, 0.2) is 5.13 Å². The third-order valence-corrected chi connectivity index (χ3v) is 7.55. The number of carbonyl (C=O) groups excluding carboxylic acids is 1. The molecule has 0 saturated heterocycles. The van der Waals surface area contributed by atoms with Crippen molar-refractivity contribution in [3.05, 3.63) is 53.1 Å². The summed E-state index contributed by atoms with van der Waals surface area (Å²) >= 11 is 7.47. The number of hydrogen-bond acceptors (Lipinski definition) is 7. The number of carbonyl (C=O) groups is 1. The Morgan fingerprint density at radius 3 is 2.60 bits per heavy atom. The molecule has 2 aromatic carbocycles. The first-order valence-corrected chi connectivity index (χ1v) is 11.4. The van der Waals surface area contributed by atoms with E-state index in [1.54, 1.807) is 0 Å². The number of hydrogen-bond donors (Lipinski definition) is 0. The summed E-state index contributed by atoms with van der Waals surface area (Å²) in [4.78, 5) is 23.9. The zero-order valence-corrected chi connectivity index (χ0v) is 18.9. The quantitative estimate of drug-likeness (QED) is 0.469. The predicted molar refractivity (Wildman–Crippen MR) is 117 cm³/mol. The average Bonchev–Trinajstić information content (AvgIpc) is 3.17. The van der Waals surface area contributed by atoms with Crippen LogP contribution in [0.4, 0.5) is 5.13 Å². The predicted octanol–water partition coefficient (Wildman–Crippen LogP) is 3.42. The van der Waals surface area contributed by atoms with Crippen LogP contribution in [-0.4, -0.2) is 58.2 Å². The van der Waals surface area contributed by atoms with E-state index < -0.39 is 15.9 Å². The monoisotopic (exact) mass is 469 g/mol. The highest BCUT2D eigenvalue weighted by Crippen LogP contribution is 2.31. The molecule has 1 aromatic heterocycles. The Morgan fingerprint density at radius 2 is 1.93 bits per heavy atom. The van der Waals surface area contributed by atoms with Crippen LogP contribution < -0.4 is 4.90 Å². The maximum absolute atomic E-state index is 13.3. The molecule has 1 heterocycles. The van der Waals surface area contributed by atoms with Crippen LogP contribution in [0.2, 0.25) is 5.02 Å². The van der Waals surface area contributed by atoms with E-state index >= 15 is 0 Å². The number of ether oxygens (including phenoxy) is 1. The second-order valence-corrected chi connectivity index (χ2v) is 9.48. The molecule has 0 bridgehead atoms. The Labute approximate surface area is 183 Å². The fraction of sp³-hybridized carbons (Fsp3) is 0.263. The number of hydroxylamine groups is 1. The summed E-state index contributed by atoms with van der Waals surface area (Å²) in [6.07, 6.45) is 0. The molecule has 160 valence electrons. The Morgan fingerprint density at radius 1 is 1.20 bits per heavy atom. The molecule has 0 atom stereocenters. The number of halogens is 1. The van der Waals surface area contributed by atoms with E-state index in [0.29, 0.717) is 9.60 Å². The third-order valence-electron chi connectivity index (χ3n) is 4.33. The number of methoxy groups -OCH3 is 1. The number of para-hydroxylation sites is 1.